The SMILES string of the molecule is NC1=CC=C(c2ccc(N)cc2)CC1=Cc1ccccn1. The normalized spacial score (nSPS) is 16.5. The minimum absolute atomic E-state index is 0.773. The molecule has 3 nitrogen and oxygen atoms in total. The molecule has 0 aliphatic heterocycles. The fourth-order valence-corrected chi connectivity index (χ4v) is 2.33. The number of allylic oxidation sites excluding steroid dienone is 4. The van der Waals surface area contributed by atoms with Crippen LogP contribution in [0.2, 0.25) is 0 Å². The van der Waals surface area contributed by atoms with Crippen molar-refractivity contribution in [2.75, 3.05) is 5.73 Å². The zero-order valence-corrected chi connectivity index (χ0v) is 11.7. The molecule has 0 amide bonds. The van der Waals surface area contributed by atoms with Crippen LogP contribution >= 0.6 is 0 Å². The smallest absolute Gasteiger partial charge is 0.0633 e. The quantitative estimate of drug-likeness (QED) is 0.826. The lowest BCUT2D eigenvalue weighted by atomic mass is 9.91. The minimum Gasteiger partial charge on any atom is -0.399 e. The number of hydrogen-bond donors (Lipinski definition) is 2. The molecule has 0 atom stereocenters. The van der Waals surface area contributed by atoms with Gasteiger partial charge in [0.2, 0.25) is 0 Å². The van der Waals surface area contributed by atoms with Crippen LogP contribution < -0.4 is 11.5 Å². The first-order chi connectivity index (χ1) is 10.2. The lowest BCUT2D eigenvalue weighted by Crippen LogP contribution is -2.06. The summed E-state index contributed by atoms with van der Waals surface area (Å²) >= 11 is 0. The standard InChI is InChI=1S/C18H17N3/c19-16-7-4-13(5-8-16)14-6-9-18(20)15(11-14)12-17-3-1-2-10-21-17/h1-10,12H,11,19-20H2. The lowest BCUT2D eigenvalue weighted by molar-refractivity contribution is 1.17. The summed E-state index contributed by atoms with van der Waals surface area (Å²) in [5.74, 6) is 0. The van der Waals surface area contributed by atoms with Crippen LogP contribution in [-0.4, -0.2) is 4.98 Å². The summed E-state index contributed by atoms with van der Waals surface area (Å²) in [6.45, 7) is 0. The third-order valence-electron chi connectivity index (χ3n) is 3.51. The van der Waals surface area contributed by atoms with Crippen molar-refractivity contribution in [3.63, 3.8) is 0 Å². The molecule has 1 aromatic heterocycles. The number of hydrogen-bond acceptors (Lipinski definition) is 3. The molecule has 1 aliphatic rings. The first-order valence-corrected chi connectivity index (χ1v) is 6.86. The topological polar surface area (TPSA) is 64.9 Å². The van der Waals surface area contributed by atoms with E-state index in [4.69, 9.17) is 11.5 Å². The van der Waals surface area contributed by atoms with Crippen molar-refractivity contribution in [3.05, 3.63) is 83.3 Å². The minimum atomic E-state index is 0.773. The van der Waals surface area contributed by atoms with E-state index >= 15 is 0 Å². The average molecular weight is 275 g/mol. The molecule has 0 spiro atoms. The summed E-state index contributed by atoms with van der Waals surface area (Å²) in [5.41, 5.74) is 17.8. The summed E-state index contributed by atoms with van der Waals surface area (Å²) < 4.78 is 0. The van der Waals surface area contributed by atoms with Gasteiger partial charge in [0.15, 0.2) is 0 Å². The van der Waals surface area contributed by atoms with Gasteiger partial charge in [-0.3, -0.25) is 4.98 Å². The second kappa shape index (κ2) is 5.67. The summed E-state index contributed by atoms with van der Waals surface area (Å²) in [5, 5.41) is 0. The molecule has 0 saturated carbocycles. The zero-order chi connectivity index (χ0) is 14.7. The number of anilines is 1. The number of aromatic nitrogens is 1. The molecule has 1 aliphatic carbocycles. The van der Waals surface area contributed by atoms with Crippen LogP contribution in [0.25, 0.3) is 11.6 Å². The van der Waals surface area contributed by atoms with Gasteiger partial charge in [-0.15, -0.1) is 0 Å². The number of nitrogens with two attached hydrogens (primary N) is 2. The highest BCUT2D eigenvalue weighted by atomic mass is 14.7. The van der Waals surface area contributed by atoms with Crippen LogP contribution in [0, 0.1) is 0 Å². The summed E-state index contributed by atoms with van der Waals surface area (Å²) in [6.07, 6.45) is 8.63. The molecule has 3 heteroatoms. The van der Waals surface area contributed by atoms with Crippen LogP contribution in [0.4, 0.5) is 5.69 Å². The predicted octanol–water partition coefficient (Wildman–Crippen LogP) is 3.38. The van der Waals surface area contributed by atoms with Gasteiger partial charge in [-0.05, 0) is 53.1 Å². The van der Waals surface area contributed by atoms with E-state index in [0.717, 1.165) is 29.1 Å². The highest BCUT2D eigenvalue weighted by molar-refractivity contribution is 5.76. The van der Waals surface area contributed by atoms with Gasteiger partial charge >= 0.3 is 0 Å². The molecule has 0 fully saturated rings. The molecule has 104 valence electrons. The fourth-order valence-electron chi connectivity index (χ4n) is 2.33. The highest BCUT2D eigenvalue weighted by Crippen LogP contribution is 2.30. The van der Waals surface area contributed by atoms with Gasteiger partial charge in [0, 0.05) is 24.0 Å². The molecule has 0 bridgehead atoms. The van der Waals surface area contributed by atoms with Crippen molar-refractivity contribution < 1.29 is 0 Å². The Morgan fingerprint density at radius 1 is 0.952 bits per heavy atom. The van der Waals surface area contributed by atoms with Gasteiger partial charge in [0.05, 0.1) is 5.69 Å². The Morgan fingerprint density at radius 2 is 1.76 bits per heavy atom. The Kier molecular flexibility index (Phi) is 3.56. The Labute approximate surface area is 124 Å². The van der Waals surface area contributed by atoms with Crippen LogP contribution in [0.15, 0.2) is 72.1 Å². The number of nitrogen functional groups attached to an aromatic ring is 1. The van der Waals surface area contributed by atoms with E-state index in [1.165, 1.54) is 11.1 Å². The molecule has 0 unspecified atom stereocenters. The van der Waals surface area contributed by atoms with Crippen molar-refractivity contribution in [1.29, 1.82) is 0 Å². The van der Waals surface area contributed by atoms with Gasteiger partial charge < -0.3 is 11.5 Å². The third kappa shape index (κ3) is 3.03. The first kappa shape index (κ1) is 13.2. The van der Waals surface area contributed by atoms with E-state index in [1.807, 2.05) is 54.6 Å². The average Bonchev–Trinajstić information content (AvgIpc) is 2.51. The van der Waals surface area contributed by atoms with Crippen LogP contribution in [-0.2, 0) is 0 Å². The maximum Gasteiger partial charge on any atom is 0.0633 e. The number of benzene rings is 1. The van der Waals surface area contributed by atoms with E-state index in [-0.39, 0.29) is 0 Å². The molecular weight excluding hydrogens is 258 g/mol. The van der Waals surface area contributed by atoms with Crippen LogP contribution in [0.1, 0.15) is 17.7 Å². The molecule has 21 heavy (non-hydrogen) atoms. The maximum absolute atomic E-state index is 6.09. The molecule has 3 rings (SSSR count). The molecule has 1 aromatic carbocycles. The molecular formula is C18H17N3. The summed E-state index contributed by atoms with van der Waals surface area (Å²) in [4.78, 5) is 4.32. The van der Waals surface area contributed by atoms with Crippen molar-refractivity contribution in [1.82, 2.24) is 4.98 Å². The second-order valence-electron chi connectivity index (χ2n) is 5.04. The van der Waals surface area contributed by atoms with Crippen LogP contribution in [0.3, 0.4) is 0 Å². The van der Waals surface area contributed by atoms with Crippen LogP contribution in [0.5, 0.6) is 0 Å². The first-order valence-electron chi connectivity index (χ1n) is 6.86. The number of rotatable bonds is 2. The molecule has 0 radical (unpaired) electrons. The molecule has 0 saturated heterocycles. The summed E-state index contributed by atoms with van der Waals surface area (Å²) in [6, 6.07) is 13.8. The van der Waals surface area contributed by atoms with E-state index in [1.54, 1.807) is 6.20 Å². The van der Waals surface area contributed by atoms with Gasteiger partial charge in [-0.1, -0.05) is 24.3 Å². The fraction of sp³-hybridized carbons (Fsp3) is 0.0556. The van der Waals surface area contributed by atoms with Crippen molar-refractivity contribution in [2.45, 2.75) is 6.42 Å². The van der Waals surface area contributed by atoms with Gasteiger partial charge in [-0.25, -0.2) is 0 Å². The van der Waals surface area contributed by atoms with Gasteiger partial charge in [0.1, 0.15) is 0 Å². The molecule has 4 N–H and O–H groups in total. The van der Waals surface area contributed by atoms with Crippen molar-refractivity contribution >= 4 is 17.3 Å². The number of nitrogens with zero attached hydrogens (tertiary/aromatic N) is 1. The Balaban J connectivity index is 1.90. The Hall–Kier alpha value is -2.81. The van der Waals surface area contributed by atoms with E-state index < -0.39 is 0 Å². The largest absolute Gasteiger partial charge is 0.399 e. The second-order valence-corrected chi connectivity index (χ2v) is 5.04. The van der Waals surface area contributed by atoms with Crippen molar-refractivity contribution in [2.24, 2.45) is 5.73 Å². The Morgan fingerprint density at radius 3 is 2.48 bits per heavy atom. The third-order valence-corrected chi connectivity index (χ3v) is 3.51. The van der Waals surface area contributed by atoms with E-state index in [2.05, 4.69) is 11.1 Å². The Bertz CT molecular complexity index is 723. The van der Waals surface area contributed by atoms with Crippen molar-refractivity contribution in [3.8, 4) is 0 Å². The zero-order valence-electron chi connectivity index (χ0n) is 11.7. The lowest BCUT2D eigenvalue weighted by Gasteiger charge is -2.16. The van der Waals surface area contributed by atoms with E-state index in [9.17, 15) is 0 Å². The molecule has 2 aromatic rings. The van der Waals surface area contributed by atoms with Gasteiger partial charge in [0.25, 0.3) is 0 Å². The molecule has 1 heterocycles. The van der Waals surface area contributed by atoms with E-state index in [0.29, 0.717) is 0 Å². The summed E-state index contributed by atoms with van der Waals surface area (Å²) in [7, 11) is 0. The predicted molar refractivity (Wildman–Crippen MR) is 87.9 cm³/mol. The monoisotopic (exact) mass is 275 g/mol. The number of pyridine rings is 1. The van der Waals surface area contributed by atoms with Gasteiger partial charge in [-0.2, -0.15) is 0 Å². The highest BCUT2D eigenvalue weighted by Gasteiger charge is 2.11. The maximum atomic E-state index is 6.09.